The molecule has 3 amide bonds. The molecule has 132 valence electrons. The number of imide groups is 1. The molecule has 0 spiro atoms. The maximum Gasteiger partial charge on any atom is 0.306 e. The van der Waals surface area contributed by atoms with Gasteiger partial charge in [-0.25, -0.2) is 0 Å². The van der Waals surface area contributed by atoms with E-state index in [9.17, 15) is 28.9 Å². The molecule has 0 unspecified atom stereocenters. The van der Waals surface area contributed by atoms with Crippen LogP contribution in [0, 0.1) is 15.9 Å². The first-order valence-electron chi connectivity index (χ1n) is 7.57. The third-order valence-electron chi connectivity index (χ3n) is 3.87. The largest absolute Gasteiger partial charge is 0.326 e. The number of nitro groups is 1. The SMILES string of the molecule is O=C(CCN1C(=O)c2ccccc2C1=O)Nc1ccc(F)c([N+](=O)[O-])c1. The molecule has 0 aliphatic carbocycles. The summed E-state index contributed by atoms with van der Waals surface area (Å²) in [5, 5.41) is 13.1. The number of fused-ring (bicyclic) bond motifs is 1. The molecule has 0 bridgehead atoms. The summed E-state index contributed by atoms with van der Waals surface area (Å²) in [4.78, 5) is 47.2. The predicted octanol–water partition coefficient (Wildman–Crippen LogP) is 2.36. The molecule has 0 saturated carbocycles. The maximum atomic E-state index is 13.3. The van der Waals surface area contributed by atoms with Crippen LogP contribution in [0.2, 0.25) is 0 Å². The van der Waals surface area contributed by atoms with Crippen LogP contribution in [-0.2, 0) is 4.79 Å². The molecular weight excluding hydrogens is 345 g/mol. The molecule has 1 aliphatic rings. The van der Waals surface area contributed by atoms with E-state index in [1.807, 2.05) is 0 Å². The summed E-state index contributed by atoms with van der Waals surface area (Å²) in [5.41, 5.74) is -0.146. The third kappa shape index (κ3) is 3.14. The summed E-state index contributed by atoms with van der Waals surface area (Å²) in [7, 11) is 0. The lowest BCUT2D eigenvalue weighted by atomic mass is 10.1. The molecule has 2 aromatic rings. The molecule has 26 heavy (non-hydrogen) atoms. The van der Waals surface area contributed by atoms with Gasteiger partial charge in [0, 0.05) is 24.7 Å². The summed E-state index contributed by atoms with van der Waals surface area (Å²) in [6, 6.07) is 9.30. The lowest BCUT2D eigenvalue weighted by molar-refractivity contribution is -0.387. The van der Waals surface area contributed by atoms with Crippen molar-refractivity contribution in [3.8, 4) is 0 Å². The molecule has 2 aromatic carbocycles. The quantitative estimate of drug-likeness (QED) is 0.502. The van der Waals surface area contributed by atoms with Gasteiger partial charge in [0.05, 0.1) is 16.1 Å². The Bertz CT molecular complexity index is 909. The summed E-state index contributed by atoms with van der Waals surface area (Å²) >= 11 is 0. The Labute approximate surface area is 146 Å². The Morgan fingerprint density at radius 2 is 1.73 bits per heavy atom. The maximum absolute atomic E-state index is 13.3. The highest BCUT2D eigenvalue weighted by atomic mass is 19.1. The number of nitrogens with one attached hydrogen (secondary N) is 1. The smallest absolute Gasteiger partial charge is 0.306 e. The lowest BCUT2D eigenvalue weighted by Gasteiger charge is -2.13. The van der Waals surface area contributed by atoms with Gasteiger partial charge in [0.15, 0.2) is 0 Å². The second-order valence-corrected chi connectivity index (χ2v) is 5.53. The highest BCUT2D eigenvalue weighted by molar-refractivity contribution is 6.21. The molecule has 3 rings (SSSR count). The summed E-state index contributed by atoms with van der Waals surface area (Å²) < 4.78 is 13.3. The van der Waals surface area contributed by atoms with Crippen molar-refractivity contribution in [1.29, 1.82) is 0 Å². The molecule has 8 nitrogen and oxygen atoms in total. The van der Waals surface area contributed by atoms with Crippen molar-refractivity contribution in [1.82, 2.24) is 4.90 Å². The van der Waals surface area contributed by atoms with Gasteiger partial charge < -0.3 is 5.32 Å². The van der Waals surface area contributed by atoms with Crippen LogP contribution in [0.4, 0.5) is 15.8 Å². The van der Waals surface area contributed by atoms with Crippen molar-refractivity contribution in [3.05, 3.63) is 69.5 Å². The average Bonchev–Trinajstić information content (AvgIpc) is 2.86. The van der Waals surface area contributed by atoms with Crippen LogP contribution < -0.4 is 5.32 Å². The number of nitrogens with zero attached hydrogens (tertiary/aromatic N) is 2. The number of hydrogen-bond donors (Lipinski definition) is 1. The Hall–Kier alpha value is -3.62. The first-order valence-corrected chi connectivity index (χ1v) is 7.57. The number of halogens is 1. The number of nitro benzene ring substituents is 1. The van der Waals surface area contributed by atoms with Crippen molar-refractivity contribution in [2.75, 3.05) is 11.9 Å². The Morgan fingerprint density at radius 1 is 1.12 bits per heavy atom. The Kier molecular flexibility index (Phi) is 4.44. The zero-order valence-electron chi connectivity index (χ0n) is 13.3. The highest BCUT2D eigenvalue weighted by Crippen LogP contribution is 2.23. The number of amides is 3. The van der Waals surface area contributed by atoms with Crippen LogP contribution in [0.5, 0.6) is 0 Å². The molecule has 0 radical (unpaired) electrons. The van der Waals surface area contributed by atoms with Gasteiger partial charge in [-0.2, -0.15) is 4.39 Å². The van der Waals surface area contributed by atoms with E-state index in [1.54, 1.807) is 12.1 Å². The topological polar surface area (TPSA) is 110 Å². The van der Waals surface area contributed by atoms with Crippen molar-refractivity contribution in [2.24, 2.45) is 0 Å². The molecular formula is C17H12FN3O5. The van der Waals surface area contributed by atoms with Crippen molar-refractivity contribution in [3.63, 3.8) is 0 Å². The van der Waals surface area contributed by atoms with Gasteiger partial charge in [-0.1, -0.05) is 12.1 Å². The molecule has 0 atom stereocenters. The van der Waals surface area contributed by atoms with Gasteiger partial charge in [0.2, 0.25) is 11.7 Å². The molecule has 9 heteroatoms. The molecule has 1 N–H and O–H groups in total. The Morgan fingerprint density at radius 3 is 2.31 bits per heavy atom. The third-order valence-corrected chi connectivity index (χ3v) is 3.87. The van der Waals surface area contributed by atoms with Crippen LogP contribution in [0.3, 0.4) is 0 Å². The number of anilines is 1. The van der Waals surface area contributed by atoms with Gasteiger partial charge >= 0.3 is 5.69 Å². The van der Waals surface area contributed by atoms with E-state index in [0.29, 0.717) is 0 Å². The van der Waals surface area contributed by atoms with Gasteiger partial charge in [-0.15, -0.1) is 0 Å². The summed E-state index contributed by atoms with van der Waals surface area (Å²) in [6.07, 6.45) is -0.198. The van der Waals surface area contributed by atoms with Crippen molar-refractivity contribution < 1.29 is 23.7 Å². The van der Waals surface area contributed by atoms with E-state index in [-0.39, 0.29) is 29.8 Å². The van der Waals surface area contributed by atoms with Crippen molar-refractivity contribution in [2.45, 2.75) is 6.42 Å². The zero-order chi connectivity index (χ0) is 18.8. The van der Waals surface area contributed by atoms with E-state index in [4.69, 9.17) is 0 Å². The number of carbonyl (C=O) groups is 3. The minimum absolute atomic E-state index is 0.0467. The number of benzene rings is 2. The van der Waals surface area contributed by atoms with Gasteiger partial charge in [0.1, 0.15) is 0 Å². The van der Waals surface area contributed by atoms with Crippen LogP contribution in [0.15, 0.2) is 42.5 Å². The molecule has 0 aromatic heterocycles. The fourth-order valence-electron chi connectivity index (χ4n) is 2.61. The zero-order valence-corrected chi connectivity index (χ0v) is 13.3. The summed E-state index contributed by atoms with van der Waals surface area (Å²) in [6.45, 7) is -0.137. The summed E-state index contributed by atoms with van der Waals surface area (Å²) in [5.74, 6) is -2.53. The second kappa shape index (κ2) is 6.71. The molecule has 0 fully saturated rings. The standard InChI is InChI=1S/C17H12FN3O5/c18-13-6-5-10(9-14(13)21(25)26)19-15(22)7-8-20-16(23)11-3-1-2-4-12(11)17(20)24/h1-6,9H,7-8H2,(H,19,22). The lowest BCUT2D eigenvalue weighted by Crippen LogP contribution is -2.32. The predicted molar refractivity (Wildman–Crippen MR) is 88.1 cm³/mol. The van der Waals surface area contributed by atoms with Crippen molar-refractivity contribution >= 4 is 29.1 Å². The molecule has 1 heterocycles. The molecule has 1 aliphatic heterocycles. The second-order valence-electron chi connectivity index (χ2n) is 5.53. The minimum atomic E-state index is -1.01. The minimum Gasteiger partial charge on any atom is -0.326 e. The van der Waals surface area contributed by atoms with Crippen LogP contribution >= 0.6 is 0 Å². The normalized spacial score (nSPS) is 12.9. The number of rotatable bonds is 5. The van der Waals surface area contributed by atoms with Gasteiger partial charge in [-0.3, -0.25) is 29.4 Å². The molecule has 0 saturated heterocycles. The monoisotopic (exact) mass is 357 g/mol. The number of carbonyl (C=O) groups excluding carboxylic acids is 3. The van der Waals surface area contributed by atoms with Crippen LogP contribution in [0.1, 0.15) is 27.1 Å². The van der Waals surface area contributed by atoms with E-state index in [1.165, 1.54) is 18.2 Å². The number of hydrogen-bond acceptors (Lipinski definition) is 5. The van der Waals surface area contributed by atoms with E-state index >= 15 is 0 Å². The fraction of sp³-hybridized carbons (Fsp3) is 0.118. The van der Waals surface area contributed by atoms with Crippen LogP contribution in [-0.4, -0.2) is 34.1 Å². The van der Waals surface area contributed by atoms with E-state index < -0.39 is 34.1 Å². The average molecular weight is 357 g/mol. The van der Waals surface area contributed by atoms with E-state index in [0.717, 1.165) is 17.0 Å². The first kappa shape index (κ1) is 17.2. The van der Waals surface area contributed by atoms with E-state index in [2.05, 4.69) is 5.32 Å². The Balaban J connectivity index is 1.64. The first-order chi connectivity index (χ1) is 12.4. The van der Waals surface area contributed by atoms with Gasteiger partial charge in [-0.05, 0) is 24.3 Å². The van der Waals surface area contributed by atoms with Gasteiger partial charge in [0.25, 0.3) is 11.8 Å². The fourth-order valence-corrected chi connectivity index (χ4v) is 2.61. The highest BCUT2D eigenvalue weighted by Gasteiger charge is 2.34. The van der Waals surface area contributed by atoms with Crippen LogP contribution in [0.25, 0.3) is 0 Å².